The number of phenolic OH excluding ortho intramolecular Hbond substituents is 1. The quantitative estimate of drug-likeness (QED) is 0.879. The summed E-state index contributed by atoms with van der Waals surface area (Å²) in [6, 6.07) is 12.6. The number of nitrogens with two attached hydrogens (primary N) is 1. The van der Waals surface area contributed by atoms with Gasteiger partial charge in [-0.05, 0) is 42.3 Å². The molecule has 0 unspecified atom stereocenters. The van der Waals surface area contributed by atoms with Gasteiger partial charge in [-0.25, -0.2) is 0 Å². The van der Waals surface area contributed by atoms with Gasteiger partial charge >= 0.3 is 0 Å². The van der Waals surface area contributed by atoms with E-state index in [1.807, 2.05) is 31.2 Å². The first-order chi connectivity index (χ1) is 9.60. The van der Waals surface area contributed by atoms with E-state index in [-0.39, 0.29) is 11.8 Å². The minimum atomic E-state index is -0.0518. The van der Waals surface area contributed by atoms with Gasteiger partial charge in [-0.1, -0.05) is 18.2 Å². The van der Waals surface area contributed by atoms with Gasteiger partial charge in [-0.3, -0.25) is 0 Å². The standard InChI is InChI=1S/C16H19NO3/c1-11(17)13-6-7-15(16(9-13)19-2)20-10-12-4-3-5-14(18)8-12/h3-9,11,18H,10,17H2,1-2H3/t11-/m0/s1. The fraction of sp³-hybridized carbons (Fsp3) is 0.250. The monoisotopic (exact) mass is 273 g/mol. The summed E-state index contributed by atoms with van der Waals surface area (Å²) in [6.07, 6.45) is 0. The van der Waals surface area contributed by atoms with Crippen molar-refractivity contribution in [1.82, 2.24) is 0 Å². The Kier molecular flexibility index (Phi) is 4.48. The number of phenols is 1. The minimum absolute atomic E-state index is 0.0518. The molecule has 4 heteroatoms. The number of aromatic hydroxyl groups is 1. The summed E-state index contributed by atoms with van der Waals surface area (Å²) in [5.41, 5.74) is 7.73. The van der Waals surface area contributed by atoms with Crippen LogP contribution in [0.5, 0.6) is 17.2 Å². The molecule has 0 aliphatic carbocycles. The van der Waals surface area contributed by atoms with Crippen LogP contribution in [0.3, 0.4) is 0 Å². The van der Waals surface area contributed by atoms with Crippen molar-refractivity contribution in [2.45, 2.75) is 19.6 Å². The van der Waals surface area contributed by atoms with Crippen LogP contribution in [0.25, 0.3) is 0 Å². The summed E-state index contributed by atoms with van der Waals surface area (Å²) < 4.78 is 11.0. The molecular formula is C16H19NO3. The maximum atomic E-state index is 9.41. The number of ether oxygens (including phenoxy) is 2. The molecule has 0 fully saturated rings. The minimum Gasteiger partial charge on any atom is -0.508 e. The van der Waals surface area contributed by atoms with Crippen LogP contribution in [0.15, 0.2) is 42.5 Å². The van der Waals surface area contributed by atoms with Crippen molar-refractivity contribution in [3.05, 3.63) is 53.6 Å². The average molecular weight is 273 g/mol. The summed E-state index contributed by atoms with van der Waals surface area (Å²) in [6.45, 7) is 2.28. The van der Waals surface area contributed by atoms with Crippen LogP contribution in [0, 0.1) is 0 Å². The summed E-state index contributed by atoms with van der Waals surface area (Å²) in [7, 11) is 1.60. The lowest BCUT2D eigenvalue weighted by Crippen LogP contribution is -2.05. The van der Waals surface area contributed by atoms with Gasteiger partial charge < -0.3 is 20.3 Å². The highest BCUT2D eigenvalue weighted by atomic mass is 16.5. The van der Waals surface area contributed by atoms with Crippen molar-refractivity contribution in [3.63, 3.8) is 0 Å². The molecular weight excluding hydrogens is 254 g/mol. The van der Waals surface area contributed by atoms with Gasteiger partial charge in [0.15, 0.2) is 11.5 Å². The van der Waals surface area contributed by atoms with E-state index in [2.05, 4.69) is 0 Å². The molecule has 106 valence electrons. The van der Waals surface area contributed by atoms with Crippen molar-refractivity contribution < 1.29 is 14.6 Å². The Hall–Kier alpha value is -2.20. The Morgan fingerprint density at radius 1 is 1.15 bits per heavy atom. The molecule has 0 aliphatic heterocycles. The summed E-state index contributed by atoms with van der Waals surface area (Å²) >= 11 is 0. The first-order valence-electron chi connectivity index (χ1n) is 6.44. The van der Waals surface area contributed by atoms with Gasteiger partial charge in [0, 0.05) is 6.04 Å². The largest absolute Gasteiger partial charge is 0.508 e. The average Bonchev–Trinajstić information content (AvgIpc) is 2.45. The summed E-state index contributed by atoms with van der Waals surface area (Å²) in [5.74, 6) is 1.53. The van der Waals surface area contributed by atoms with Crippen LogP contribution < -0.4 is 15.2 Å². The van der Waals surface area contributed by atoms with Gasteiger partial charge in [-0.2, -0.15) is 0 Å². The van der Waals surface area contributed by atoms with Crippen molar-refractivity contribution in [2.24, 2.45) is 5.73 Å². The molecule has 0 amide bonds. The van der Waals surface area contributed by atoms with Crippen molar-refractivity contribution in [2.75, 3.05) is 7.11 Å². The van der Waals surface area contributed by atoms with E-state index < -0.39 is 0 Å². The maximum Gasteiger partial charge on any atom is 0.161 e. The molecule has 0 saturated carbocycles. The Labute approximate surface area is 118 Å². The number of hydrogen-bond donors (Lipinski definition) is 2. The molecule has 0 aromatic heterocycles. The van der Waals surface area contributed by atoms with E-state index in [4.69, 9.17) is 15.2 Å². The van der Waals surface area contributed by atoms with Crippen LogP contribution in [0.1, 0.15) is 24.1 Å². The Bertz CT molecular complexity index is 582. The predicted octanol–water partition coefficient (Wildman–Crippen LogP) is 3.00. The Morgan fingerprint density at radius 3 is 2.60 bits per heavy atom. The topological polar surface area (TPSA) is 64.7 Å². The summed E-state index contributed by atoms with van der Waals surface area (Å²) in [5, 5.41) is 9.41. The molecule has 20 heavy (non-hydrogen) atoms. The third-order valence-corrected chi connectivity index (χ3v) is 3.02. The molecule has 0 bridgehead atoms. The smallest absolute Gasteiger partial charge is 0.161 e. The maximum absolute atomic E-state index is 9.41. The van der Waals surface area contributed by atoms with E-state index in [1.54, 1.807) is 25.3 Å². The molecule has 2 aromatic rings. The normalized spacial score (nSPS) is 11.9. The molecule has 0 radical (unpaired) electrons. The molecule has 3 N–H and O–H groups in total. The van der Waals surface area contributed by atoms with Gasteiger partial charge in [0.25, 0.3) is 0 Å². The SMILES string of the molecule is COc1cc([C@H](C)N)ccc1OCc1cccc(O)c1. The number of hydrogen-bond acceptors (Lipinski definition) is 4. The van der Waals surface area contributed by atoms with Crippen LogP contribution >= 0.6 is 0 Å². The molecule has 0 heterocycles. The lowest BCUT2D eigenvalue weighted by molar-refractivity contribution is 0.283. The zero-order chi connectivity index (χ0) is 14.5. The second-order valence-electron chi connectivity index (χ2n) is 4.66. The molecule has 1 atom stereocenters. The lowest BCUT2D eigenvalue weighted by Gasteiger charge is -2.13. The van der Waals surface area contributed by atoms with Crippen LogP contribution in [-0.2, 0) is 6.61 Å². The molecule has 0 spiro atoms. The molecule has 2 rings (SSSR count). The Morgan fingerprint density at radius 2 is 1.95 bits per heavy atom. The number of methoxy groups -OCH3 is 1. The van der Waals surface area contributed by atoms with Gasteiger partial charge in [0.1, 0.15) is 12.4 Å². The fourth-order valence-corrected chi connectivity index (χ4v) is 1.89. The third kappa shape index (κ3) is 3.42. The van der Waals surface area contributed by atoms with Gasteiger partial charge in [0.05, 0.1) is 7.11 Å². The number of rotatable bonds is 5. The molecule has 2 aromatic carbocycles. The second kappa shape index (κ2) is 6.30. The highest BCUT2D eigenvalue weighted by molar-refractivity contribution is 5.44. The van der Waals surface area contributed by atoms with Crippen LogP contribution in [0.2, 0.25) is 0 Å². The second-order valence-corrected chi connectivity index (χ2v) is 4.66. The van der Waals surface area contributed by atoms with Gasteiger partial charge in [0.2, 0.25) is 0 Å². The predicted molar refractivity (Wildman–Crippen MR) is 78.0 cm³/mol. The van der Waals surface area contributed by atoms with Gasteiger partial charge in [-0.15, -0.1) is 0 Å². The van der Waals surface area contributed by atoms with Crippen molar-refractivity contribution >= 4 is 0 Å². The van der Waals surface area contributed by atoms with Crippen LogP contribution in [0.4, 0.5) is 0 Å². The highest BCUT2D eigenvalue weighted by Crippen LogP contribution is 2.30. The fourth-order valence-electron chi connectivity index (χ4n) is 1.89. The first-order valence-corrected chi connectivity index (χ1v) is 6.44. The zero-order valence-electron chi connectivity index (χ0n) is 11.7. The highest BCUT2D eigenvalue weighted by Gasteiger charge is 2.08. The lowest BCUT2D eigenvalue weighted by atomic mass is 10.1. The van der Waals surface area contributed by atoms with Crippen molar-refractivity contribution in [1.29, 1.82) is 0 Å². The first kappa shape index (κ1) is 14.2. The number of benzene rings is 2. The Balaban J connectivity index is 2.13. The van der Waals surface area contributed by atoms with Crippen molar-refractivity contribution in [3.8, 4) is 17.2 Å². The molecule has 0 saturated heterocycles. The van der Waals surface area contributed by atoms with E-state index in [0.717, 1.165) is 11.1 Å². The zero-order valence-corrected chi connectivity index (χ0v) is 11.7. The molecule has 4 nitrogen and oxygen atoms in total. The summed E-state index contributed by atoms with van der Waals surface area (Å²) in [4.78, 5) is 0. The van der Waals surface area contributed by atoms with E-state index in [9.17, 15) is 5.11 Å². The van der Waals surface area contributed by atoms with Crippen LogP contribution in [-0.4, -0.2) is 12.2 Å². The van der Waals surface area contributed by atoms with E-state index in [1.165, 1.54) is 0 Å². The van der Waals surface area contributed by atoms with E-state index in [0.29, 0.717) is 18.1 Å². The third-order valence-electron chi connectivity index (χ3n) is 3.02. The van der Waals surface area contributed by atoms with E-state index >= 15 is 0 Å². The molecule has 0 aliphatic rings.